The molecule has 9 heteroatoms. The van der Waals surface area contributed by atoms with Crippen molar-refractivity contribution in [1.29, 1.82) is 0 Å². The number of ether oxygens (including phenoxy) is 1. The lowest BCUT2D eigenvalue weighted by molar-refractivity contribution is -0.145. The predicted octanol–water partition coefficient (Wildman–Crippen LogP) is -0.0250. The van der Waals surface area contributed by atoms with Gasteiger partial charge < -0.3 is 25.2 Å². The van der Waals surface area contributed by atoms with E-state index in [1.54, 1.807) is 0 Å². The summed E-state index contributed by atoms with van der Waals surface area (Å²) in [6.45, 7) is 4.06. The largest absolute Gasteiger partial charge is 0.368 e. The fourth-order valence-corrected chi connectivity index (χ4v) is 3.42. The van der Waals surface area contributed by atoms with Crippen LogP contribution in [0.4, 0.5) is 17.5 Å². The van der Waals surface area contributed by atoms with Gasteiger partial charge in [-0.1, -0.05) is 0 Å². The van der Waals surface area contributed by atoms with Gasteiger partial charge in [-0.25, -0.2) is 4.98 Å². The molecule has 1 unspecified atom stereocenters. The van der Waals surface area contributed by atoms with Crippen LogP contribution >= 0.6 is 0 Å². The fourth-order valence-electron chi connectivity index (χ4n) is 3.42. The fraction of sp³-hybridized carbons (Fsp3) is 0.625. The van der Waals surface area contributed by atoms with E-state index in [1.165, 1.54) is 0 Å². The second kappa shape index (κ2) is 6.14. The summed E-state index contributed by atoms with van der Waals surface area (Å²) in [7, 11) is 1.83. The highest BCUT2D eigenvalue weighted by molar-refractivity contribution is 6.00. The van der Waals surface area contributed by atoms with Crippen molar-refractivity contribution in [3.8, 4) is 0 Å². The molecule has 1 aromatic rings. The summed E-state index contributed by atoms with van der Waals surface area (Å²) in [5, 5.41) is 6.10. The molecule has 0 bridgehead atoms. The van der Waals surface area contributed by atoms with Crippen molar-refractivity contribution in [2.24, 2.45) is 0 Å². The Morgan fingerprint density at radius 3 is 2.88 bits per heavy atom. The molecule has 2 saturated heterocycles. The number of aryl methyl sites for hydroxylation is 1. The molecule has 0 saturated carbocycles. The van der Waals surface area contributed by atoms with Gasteiger partial charge >= 0.3 is 0 Å². The zero-order valence-corrected chi connectivity index (χ0v) is 14.4. The maximum Gasteiger partial charge on any atom is 0.251 e. The molecule has 2 amide bonds. The standard InChI is InChI=1S/C16H22N6O3/c1-9-13-14(21(2)8-12(23)19-13)20-16(17-9)18-10-6-22(7-10)15(24)11-4-3-5-25-11/h10-11H,3-8H2,1-2H3,(H,19,23)(H,17,18,20). The number of aromatic nitrogens is 2. The highest BCUT2D eigenvalue weighted by Crippen LogP contribution is 2.30. The Morgan fingerprint density at radius 2 is 2.16 bits per heavy atom. The molecule has 0 spiro atoms. The molecule has 0 aliphatic carbocycles. The Kier molecular flexibility index (Phi) is 3.95. The third-order valence-corrected chi connectivity index (χ3v) is 4.81. The number of likely N-dealkylation sites (N-methyl/N-ethyl adjacent to an activating group) is 1. The SMILES string of the molecule is Cc1nc(NC2CN(C(=O)C3CCCO3)C2)nc2c1NC(=O)CN2C. The predicted molar refractivity (Wildman–Crippen MR) is 91.6 cm³/mol. The Hall–Kier alpha value is -2.42. The Morgan fingerprint density at radius 1 is 1.36 bits per heavy atom. The molecule has 3 aliphatic rings. The first-order chi connectivity index (χ1) is 12.0. The van der Waals surface area contributed by atoms with Gasteiger partial charge in [-0.05, 0) is 19.8 Å². The summed E-state index contributed by atoms with van der Waals surface area (Å²) >= 11 is 0. The normalized spacial score (nSPS) is 23.1. The number of anilines is 3. The van der Waals surface area contributed by atoms with Gasteiger partial charge in [-0.15, -0.1) is 0 Å². The number of fused-ring (bicyclic) bond motifs is 1. The van der Waals surface area contributed by atoms with Crippen LogP contribution in [0.1, 0.15) is 18.5 Å². The lowest BCUT2D eigenvalue weighted by atomic mass is 10.1. The van der Waals surface area contributed by atoms with Gasteiger partial charge in [0.15, 0.2) is 5.82 Å². The van der Waals surface area contributed by atoms with Crippen LogP contribution < -0.4 is 15.5 Å². The van der Waals surface area contributed by atoms with E-state index in [0.29, 0.717) is 37.1 Å². The number of hydrogen-bond donors (Lipinski definition) is 2. The summed E-state index contributed by atoms with van der Waals surface area (Å²) in [6.07, 6.45) is 1.51. The minimum Gasteiger partial charge on any atom is -0.368 e. The number of nitrogens with zero attached hydrogens (tertiary/aromatic N) is 4. The van der Waals surface area contributed by atoms with Crippen molar-refractivity contribution in [2.75, 3.05) is 48.8 Å². The van der Waals surface area contributed by atoms with Gasteiger partial charge in [0.05, 0.1) is 18.3 Å². The smallest absolute Gasteiger partial charge is 0.251 e. The van der Waals surface area contributed by atoms with E-state index in [4.69, 9.17) is 4.74 Å². The number of amides is 2. The average molecular weight is 346 g/mol. The second-order valence-corrected chi connectivity index (χ2v) is 6.82. The molecule has 9 nitrogen and oxygen atoms in total. The van der Waals surface area contributed by atoms with Crippen molar-refractivity contribution in [3.63, 3.8) is 0 Å². The minimum absolute atomic E-state index is 0.0651. The first-order valence-corrected chi connectivity index (χ1v) is 8.58. The molecule has 0 aromatic carbocycles. The quantitative estimate of drug-likeness (QED) is 0.793. The van der Waals surface area contributed by atoms with Crippen LogP contribution in [0, 0.1) is 6.92 Å². The van der Waals surface area contributed by atoms with Crippen molar-refractivity contribution >= 4 is 29.3 Å². The van der Waals surface area contributed by atoms with E-state index in [2.05, 4.69) is 20.6 Å². The van der Waals surface area contributed by atoms with Crippen LogP contribution in [-0.2, 0) is 14.3 Å². The summed E-state index contributed by atoms with van der Waals surface area (Å²) < 4.78 is 5.45. The highest BCUT2D eigenvalue weighted by atomic mass is 16.5. The van der Waals surface area contributed by atoms with E-state index in [-0.39, 0.29) is 30.5 Å². The van der Waals surface area contributed by atoms with Crippen LogP contribution in [0.2, 0.25) is 0 Å². The first kappa shape index (κ1) is 16.1. The van der Waals surface area contributed by atoms with Crippen molar-refractivity contribution in [3.05, 3.63) is 5.69 Å². The zero-order valence-electron chi connectivity index (χ0n) is 14.4. The van der Waals surface area contributed by atoms with Gasteiger partial charge in [-0.2, -0.15) is 4.98 Å². The second-order valence-electron chi connectivity index (χ2n) is 6.82. The van der Waals surface area contributed by atoms with Crippen LogP contribution in [0.5, 0.6) is 0 Å². The summed E-state index contributed by atoms with van der Waals surface area (Å²) in [6, 6.07) is 0.131. The first-order valence-electron chi connectivity index (χ1n) is 8.58. The molecule has 1 atom stereocenters. The van der Waals surface area contributed by atoms with E-state index in [9.17, 15) is 9.59 Å². The molecule has 2 N–H and O–H groups in total. The molecule has 3 aliphatic heterocycles. The molecule has 134 valence electrons. The van der Waals surface area contributed by atoms with E-state index in [1.807, 2.05) is 23.8 Å². The van der Waals surface area contributed by atoms with E-state index in [0.717, 1.165) is 18.5 Å². The maximum atomic E-state index is 12.2. The molecule has 2 fully saturated rings. The summed E-state index contributed by atoms with van der Waals surface area (Å²) in [4.78, 5) is 36.5. The minimum atomic E-state index is -0.263. The van der Waals surface area contributed by atoms with Crippen LogP contribution in [-0.4, -0.2) is 72.1 Å². The molecule has 0 radical (unpaired) electrons. The third-order valence-electron chi connectivity index (χ3n) is 4.81. The van der Waals surface area contributed by atoms with Crippen molar-refractivity contribution in [1.82, 2.24) is 14.9 Å². The lowest BCUT2D eigenvalue weighted by Gasteiger charge is -2.40. The van der Waals surface area contributed by atoms with Gasteiger partial charge in [0, 0.05) is 26.7 Å². The Labute approximate surface area is 145 Å². The number of rotatable bonds is 3. The zero-order chi connectivity index (χ0) is 17.6. The van der Waals surface area contributed by atoms with Crippen LogP contribution in [0.3, 0.4) is 0 Å². The molecule has 4 heterocycles. The monoisotopic (exact) mass is 346 g/mol. The van der Waals surface area contributed by atoms with Crippen molar-refractivity contribution < 1.29 is 14.3 Å². The van der Waals surface area contributed by atoms with Gasteiger partial charge in [0.1, 0.15) is 11.8 Å². The summed E-state index contributed by atoms with van der Waals surface area (Å²) in [5.74, 6) is 1.25. The average Bonchev–Trinajstić information content (AvgIpc) is 3.05. The summed E-state index contributed by atoms with van der Waals surface area (Å²) in [5.41, 5.74) is 1.38. The van der Waals surface area contributed by atoms with Crippen LogP contribution in [0.15, 0.2) is 0 Å². The van der Waals surface area contributed by atoms with E-state index >= 15 is 0 Å². The molecule has 4 rings (SSSR count). The van der Waals surface area contributed by atoms with E-state index < -0.39 is 0 Å². The number of carbonyl (C=O) groups excluding carboxylic acids is 2. The van der Waals surface area contributed by atoms with Gasteiger partial charge in [0.2, 0.25) is 11.9 Å². The van der Waals surface area contributed by atoms with Gasteiger partial charge in [-0.3, -0.25) is 9.59 Å². The van der Waals surface area contributed by atoms with Crippen molar-refractivity contribution in [2.45, 2.75) is 31.9 Å². The number of likely N-dealkylation sites (tertiary alicyclic amines) is 1. The maximum absolute atomic E-state index is 12.2. The topological polar surface area (TPSA) is 99.7 Å². The third kappa shape index (κ3) is 2.99. The molecule has 1 aromatic heterocycles. The Bertz CT molecular complexity index is 712. The molecular weight excluding hydrogens is 324 g/mol. The lowest BCUT2D eigenvalue weighted by Crippen LogP contribution is -2.59. The highest BCUT2D eigenvalue weighted by Gasteiger charge is 2.36. The van der Waals surface area contributed by atoms with Crippen LogP contribution in [0.25, 0.3) is 0 Å². The number of hydrogen-bond acceptors (Lipinski definition) is 7. The number of nitrogens with one attached hydrogen (secondary N) is 2. The van der Waals surface area contributed by atoms with Gasteiger partial charge in [0.25, 0.3) is 5.91 Å². The number of carbonyl (C=O) groups is 2. The Balaban J connectivity index is 1.39. The molecular formula is C16H22N6O3. The molecule has 25 heavy (non-hydrogen) atoms.